The Balaban J connectivity index is 2.29. The lowest BCUT2D eigenvalue weighted by molar-refractivity contribution is 0.145. The van der Waals surface area contributed by atoms with Crippen LogP contribution in [0.1, 0.15) is 17.2 Å². The van der Waals surface area contributed by atoms with Crippen molar-refractivity contribution in [3.05, 3.63) is 65.5 Å². The molecule has 0 amide bonds. The number of ether oxygens (including phenoxy) is 2. The molecule has 2 aromatic rings. The molecule has 0 aliphatic rings. The fourth-order valence-electron chi connectivity index (χ4n) is 2.27. The average Bonchev–Trinajstić information content (AvgIpc) is 2.50. The van der Waals surface area contributed by atoms with Gasteiger partial charge in [0.05, 0.1) is 12.6 Å². The third-order valence-corrected chi connectivity index (χ3v) is 3.25. The maximum absolute atomic E-state index is 13.5. The molecule has 1 unspecified atom stereocenters. The number of hydrogen-bond donors (Lipinski definition) is 1. The van der Waals surface area contributed by atoms with E-state index in [9.17, 15) is 4.39 Å². The molecule has 2 rings (SSSR count). The third-order valence-electron chi connectivity index (χ3n) is 3.25. The van der Waals surface area contributed by atoms with Crippen molar-refractivity contribution < 1.29 is 13.9 Å². The number of methoxy groups -OCH3 is 1. The number of rotatable bonds is 7. The van der Waals surface area contributed by atoms with E-state index < -0.39 is 0 Å². The summed E-state index contributed by atoms with van der Waals surface area (Å²) in [7, 11) is 3.49. The standard InChI is InChI=1S/C17H20FNO2/c1-19-17(13-6-5-7-14(18)12-13)15-8-3-4-9-16(15)21-11-10-20-2/h3-9,12,17,19H,10-11H2,1-2H3. The van der Waals surface area contributed by atoms with E-state index in [0.29, 0.717) is 13.2 Å². The van der Waals surface area contributed by atoms with Crippen LogP contribution < -0.4 is 10.1 Å². The lowest BCUT2D eigenvalue weighted by atomic mass is 9.98. The Morgan fingerprint density at radius 3 is 2.62 bits per heavy atom. The highest BCUT2D eigenvalue weighted by Gasteiger charge is 2.16. The van der Waals surface area contributed by atoms with Crippen LogP contribution in [0.5, 0.6) is 5.75 Å². The van der Waals surface area contributed by atoms with Crippen molar-refractivity contribution in [1.29, 1.82) is 0 Å². The van der Waals surface area contributed by atoms with Crippen LogP contribution in [0, 0.1) is 5.82 Å². The van der Waals surface area contributed by atoms with E-state index in [1.165, 1.54) is 12.1 Å². The first kappa shape index (κ1) is 15.5. The summed E-state index contributed by atoms with van der Waals surface area (Å²) < 4.78 is 24.2. The highest BCUT2D eigenvalue weighted by Crippen LogP contribution is 2.30. The van der Waals surface area contributed by atoms with Gasteiger partial charge in [-0.05, 0) is 30.8 Å². The molecule has 1 N–H and O–H groups in total. The number of para-hydroxylation sites is 1. The van der Waals surface area contributed by atoms with Crippen molar-refractivity contribution in [3.8, 4) is 5.75 Å². The molecule has 0 radical (unpaired) electrons. The van der Waals surface area contributed by atoms with Crippen LogP contribution in [0.4, 0.5) is 4.39 Å². The van der Waals surface area contributed by atoms with Crippen molar-refractivity contribution in [1.82, 2.24) is 5.32 Å². The van der Waals surface area contributed by atoms with Gasteiger partial charge in [0.2, 0.25) is 0 Å². The van der Waals surface area contributed by atoms with Crippen LogP contribution >= 0.6 is 0 Å². The normalized spacial score (nSPS) is 12.1. The highest BCUT2D eigenvalue weighted by molar-refractivity contribution is 5.41. The first-order chi connectivity index (χ1) is 10.3. The summed E-state index contributed by atoms with van der Waals surface area (Å²) in [4.78, 5) is 0. The van der Waals surface area contributed by atoms with Gasteiger partial charge in [0.1, 0.15) is 18.2 Å². The molecule has 0 fully saturated rings. The van der Waals surface area contributed by atoms with Gasteiger partial charge in [-0.15, -0.1) is 0 Å². The van der Waals surface area contributed by atoms with Crippen molar-refractivity contribution in [2.75, 3.05) is 27.4 Å². The lowest BCUT2D eigenvalue weighted by Gasteiger charge is -2.20. The molecule has 4 heteroatoms. The molecule has 0 spiro atoms. The zero-order valence-electron chi connectivity index (χ0n) is 12.3. The fraction of sp³-hybridized carbons (Fsp3) is 0.294. The summed E-state index contributed by atoms with van der Waals surface area (Å²) >= 11 is 0. The molecular weight excluding hydrogens is 269 g/mol. The zero-order chi connectivity index (χ0) is 15.1. The summed E-state index contributed by atoms with van der Waals surface area (Å²) in [6.45, 7) is 1.01. The van der Waals surface area contributed by atoms with Gasteiger partial charge in [0.15, 0.2) is 0 Å². The summed E-state index contributed by atoms with van der Waals surface area (Å²) in [6.07, 6.45) is 0. The predicted molar refractivity (Wildman–Crippen MR) is 81.1 cm³/mol. The summed E-state index contributed by atoms with van der Waals surface area (Å²) in [5.74, 6) is 0.531. The Labute approximate surface area is 124 Å². The van der Waals surface area contributed by atoms with Crippen LogP contribution in [-0.4, -0.2) is 27.4 Å². The van der Waals surface area contributed by atoms with E-state index in [-0.39, 0.29) is 11.9 Å². The van der Waals surface area contributed by atoms with E-state index in [2.05, 4.69) is 5.32 Å². The topological polar surface area (TPSA) is 30.5 Å². The molecule has 0 aromatic heterocycles. The Bertz CT molecular complexity index is 574. The second kappa shape index (κ2) is 7.76. The average molecular weight is 289 g/mol. The Kier molecular flexibility index (Phi) is 5.72. The molecule has 112 valence electrons. The quantitative estimate of drug-likeness (QED) is 0.794. The van der Waals surface area contributed by atoms with Crippen molar-refractivity contribution in [2.24, 2.45) is 0 Å². The summed E-state index contributed by atoms with van der Waals surface area (Å²) in [5, 5.41) is 3.21. The molecular formula is C17H20FNO2. The fourth-order valence-corrected chi connectivity index (χ4v) is 2.27. The molecule has 1 atom stereocenters. The van der Waals surface area contributed by atoms with Crippen molar-refractivity contribution >= 4 is 0 Å². The first-order valence-electron chi connectivity index (χ1n) is 6.89. The monoisotopic (exact) mass is 289 g/mol. The first-order valence-corrected chi connectivity index (χ1v) is 6.89. The van der Waals surface area contributed by atoms with Gasteiger partial charge in [-0.25, -0.2) is 4.39 Å². The minimum absolute atomic E-state index is 0.126. The number of halogens is 1. The SMILES string of the molecule is CNC(c1cccc(F)c1)c1ccccc1OCCOC. The van der Waals surface area contributed by atoms with Gasteiger partial charge >= 0.3 is 0 Å². The van der Waals surface area contributed by atoms with Gasteiger partial charge in [0.25, 0.3) is 0 Å². The smallest absolute Gasteiger partial charge is 0.124 e. The molecule has 3 nitrogen and oxygen atoms in total. The van der Waals surface area contributed by atoms with E-state index in [4.69, 9.17) is 9.47 Å². The largest absolute Gasteiger partial charge is 0.491 e. The highest BCUT2D eigenvalue weighted by atomic mass is 19.1. The van der Waals surface area contributed by atoms with Crippen LogP contribution in [-0.2, 0) is 4.74 Å². The summed E-state index contributed by atoms with van der Waals surface area (Å²) in [6, 6.07) is 14.2. The number of hydrogen-bond acceptors (Lipinski definition) is 3. The second-order valence-corrected chi connectivity index (χ2v) is 4.66. The molecule has 2 aromatic carbocycles. The Hall–Kier alpha value is -1.91. The molecule has 21 heavy (non-hydrogen) atoms. The minimum atomic E-state index is -0.245. The van der Waals surface area contributed by atoms with Crippen molar-refractivity contribution in [2.45, 2.75) is 6.04 Å². The van der Waals surface area contributed by atoms with Crippen molar-refractivity contribution in [3.63, 3.8) is 0 Å². The maximum atomic E-state index is 13.5. The number of benzene rings is 2. The van der Waals surface area contributed by atoms with Gasteiger partial charge in [0, 0.05) is 12.7 Å². The predicted octanol–water partition coefficient (Wildman–Crippen LogP) is 3.16. The van der Waals surface area contributed by atoms with E-state index >= 15 is 0 Å². The summed E-state index contributed by atoms with van der Waals surface area (Å²) in [5.41, 5.74) is 1.84. The molecule has 0 heterocycles. The molecule has 0 saturated carbocycles. The van der Waals surface area contributed by atoms with E-state index in [1.807, 2.05) is 37.4 Å². The van der Waals surface area contributed by atoms with Crippen LogP contribution in [0.15, 0.2) is 48.5 Å². The Morgan fingerprint density at radius 2 is 1.90 bits per heavy atom. The lowest BCUT2D eigenvalue weighted by Crippen LogP contribution is -2.19. The van der Waals surface area contributed by atoms with Gasteiger partial charge in [-0.1, -0.05) is 30.3 Å². The van der Waals surface area contributed by atoms with E-state index in [0.717, 1.165) is 16.9 Å². The zero-order valence-corrected chi connectivity index (χ0v) is 12.3. The van der Waals surface area contributed by atoms with Crippen LogP contribution in [0.25, 0.3) is 0 Å². The van der Waals surface area contributed by atoms with Crippen LogP contribution in [0.3, 0.4) is 0 Å². The molecule has 0 bridgehead atoms. The molecule has 0 aliphatic carbocycles. The van der Waals surface area contributed by atoms with Crippen LogP contribution in [0.2, 0.25) is 0 Å². The van der Waals surface area contributed by atoms with Gasteiger partial charge in [-0.2, -0.15) is 0 Å². The Morgan fingerprint density at radius 1 is 1.10 bits per heavy atom. The number of nitrogens with one attached hydrogen (secondary N) is 1. The van der Waals surface area contributed by atoms with Gasteiger partial charge < -0.3 is 14.8 Å². The maximum Gasteiger partial charge on any atom is 0.124 e. The second-order valence-electron chi connectivity index (χ2n) is 4.66. The molecule has 0 saturated heterocycles. The van der Waals surface area contributed by atoms with Gasteiger partial charge in [-0.3, -0.25) is 0 Å². The molecule has 0 aliphatic heterocycles. The van der Waals surface area contributed by atoms with E-state index in [1.54, 1.807) is 13.2 Å². The minimum Gasteiger partial charge on any atom is -0.491 e. The third kappa shape index (κ3) is 4.03.